The van der Waals surface area contributed by atoms with Crippen LogP contribution in [0.1, 0.15) is 38.1 Å². The summed E-state index contributed by atoms with van der Waals surface area (Å²) in [5, 5.41) is 11.5. The lowest BCUT2D eigenvalue weighted by Gasteiger charge is -2.41. The second-order valence-electron chi connectivity index (χ2n) is 4.96. The van der Waals surface area contributed by atoms with Crippen molar-refractivity contribution in [3.05, 3.63) is 29.8 Å². The van der Waals surface area contributed by atoms with Crippen LogP contribution in [0.5, 0.6) is 5.75 Å². The van der Waals surface area contributed by atoms with Gasteiger partial charge >= 0.3 is 0 Å². The Morgan fingerprint density at radius 2 is 2.37 bits per heavy atom. The number of nitrogens with zero attached hydrogens (tertiary/aromatic N) is 1. The molecule has 0 unspecified atom stereocenters. The molecule has 3 nitrogen and oxygen atoms in total. The van der Waals surface area contributed by atoms with Crippen molar-refractivity contribution in [2.45, 2.75) is 31.2 Å². The number of aliphatic hydroxyl groups is 1. The second kappa shape index (κ2) is 5.93. The van der Waals surface area contributed by atoms with Gasteiger partial charge in [-0.1, -0.05) is 25.0 Å². The topological polar surface area (TPSA) is 32.7 Å². The summed E-state index contributed by atoms with van der Waals surface area (Å²) in [4.78, 5) is 1.23. The van der Waals surface area contributed by atoms with Crippen LogP contribution in [0.2, 0.25) is 0 Å². The van der Waals surface area contributed by atoms with Crippen LogP contribution in [-0.2, 0) is 5.60 Å². The van der Waals surface area contributed by atoms with Gasteiger partial charge in [0.1, 0.15) is 5.75 Å². The highest BCUT2D eigenvalue weighted by atomic mass is 16.5. The first kappa shape index (κ1) is 8.98. The van der Waals surface area contributed by atoms with Crippen molar-refractivity contribution >= 4 is 0 Å². The first-order valence-corrected chi connectivity index (χ1v) is 6.48. The summed E-state index contributed by atoms with van der Waals surface area (Å²) in [6.45, 7) is -2.24. The van der Waals surface area contributed by atoms with E-state index in [1.807, 2.05) is 0 Å². The summed E-state index contributed by atoms with van der Waals surface area (Å²) in [7, 11) is 4.45. The van der Waals surface area contributed by atoms with E-state index in [2.05, 4.69) is 0 Å². The molecule has 2 rings (SSSR count). The maximum atomic E-state index is 11.5. The van der Waals surface area contributed by atoms with Gasteiger partial charge in [-0.25, -0.2) is 0 Å². The van der Waals surface area contributed by atoms with Gasteiger partial charge in [-0.15, -0.1) is 0 Å². The summed E-state index contributed by atoms with van der Waals surface area (Å²) in [6, 6.07) is 6.29. The molecule has 0 spiro atoms. The van der Waals surface area contributed by atoms with Gasteiger partial charge in [-0.3, -0.25) is 0 Å². The minimum absolute atomic E-state index is 0.0470. The van der Waals surface area contributed by atoms with Crippen LogP contribution in [0.25, 0.3) is 0 Å². The van der Waals surface area contributed by atoms with E-state index >= 15 is 0 Å². The van der Waals surface area contributed by atoms with Gasteiger partial charge in [-0.05, 0) is 44.6 Å². The Hall–Kier alpha value is -1.06. The predicted octanol–water partition coefficient (Wildman–Crippen LogP) is 2.63. The fourth-order valence-corrected chi connectivity index (χ4v) is 2.35. The monoisotopic (exact) mass is 268 g/mol. The molecule has 0 aromatic heterocycles. The summed E-state index contributed by atoms with van der Waals surface area (Å²) < 4.78 is 47.6. The van der Waals surface area contributed by atoms with Crippen molar-refractivity contribution in [1.29, 1.82) is 0 Å². The van der Waals surface area contributed by atoms with Crippen molar-refractivity contribution in [1.82, 2.24) is 4.90 Å². The van der Waals surface area contributed by atoms with Gasteiger partial charge in [0, 0.05) is 19.2 Å². The second-order valence-corrected chi connectivity index (χ2v) is 4.96. The van der Waals surface area contributed by atoms with E-state index < -0.39 is 24.4 Å². The maximum Gasteiger partial charge on any atom is 0.119 e. The Balaban J connectivity index is 2.74. The fourth-order valence-electron chi connectivity index (χ4n) is 2.35. The SMILES string of the molecule is [2H]C([2H])(N(C)C)[C@]1([2H])CCCC([2H])([2H])[C@@]1(O)c1cccc(OC)c1. The average molecular weight is 268 g/mol. The minimum Gasteiger partial charge on any atom is -0.497 e. The molecule has 0 aliphatic heterocycles. The zero-order valence-corrected chi connectivity index (χ0v) is 11.7. The van der Waals surface area contributed by atoms with Gasteiger partial charge in [0.05, 0.1) is 12.7 Å². The number of methoxy groups -OCH3 is 1. The normalized spacial score (nSPS) is 38.7. The number of ether oxygens (including phenoxy) is 1. The average Bonchev–Trinajstić information content (AvgIpc) is 2.52. The molecule has 1 aliphatic carbocycles. The van der Waals surface area contributed by atoms with Gasteiger partial charge in [0.15, 0.2) is 0 Å². The zero-order chi connectivity index (χ0) is 18.4. The van der Waals surface area contributed by atoms with Crippen LogP contribution in [0.4, 0.5) is 0 Å². The molecule has 1 aliphatic rings. The Morgan fingerprint density at radius 3 is 3.05 bits per heavy atom. The zero-order valence-electron chi connectivity index (χ0n) is 16.7. The standard InChI is InChI=1S/C16H25NO2/c1-17(2)12-14-7-4-5-10-16(14,18)13-8-6-9-15(11-13)19-3/h6,8-9,11,14,18H,4-5,7,10,12H2,1-3H3/t14-,16+/m0/s1/i10D2,12D2,14D. The molecule has 0 saturated heterocycles. The molecular formula is C16H25NO2. The highest BCUT2D eigenvalue weighted by molar-refractivity contribution is 5.33. The number of hydrogen-bond acceptors (Lipinski definition) is 3. The van der Waals surface area contributed by atoms with Crippen LogP contribution in [-0.4, -0.2) is 37.7 Å². The third kappa shape index (κ3) is 3.10. The summed E-state index contributed by atoms with van der Waals surface area (Å²) >= 11 is 0. The van der Waals surface area contributed by atoms with E-state index in [1.165, 1.54) is 38.2 Å². The molecule has 1 aromatic rings. The summed E-state index contributed by atoms with van der Waals surface area (Å²) in [5.74, 6) is -1.66. The van der Waals surface area contributed by atoms with E-state index in [0.717, 1.165) is 0 Å². The molecule has 0 amide bonds. The van der Waals surface area contributed by atoms with Crippen molar-refractivity contribution in [2.24, 2.45) is 5.89 Å². The Labute approximate surface area is 123 Å². The van der Waals surface area contributed by atoms with E-state index in [9.17, 15) is 5.11 Å². The summed E-state index contributed by atoms with van der Waals surface area (Å²) in [6.07, 6.45) is -1.71. The summed E-state index contributed by atoms with van der Waals surface area (Å²) in [5.41, 5.74) is -2.16. The molecule has 106 valence electrons. The molecule has 1 fully saturated rings. The molecular weight excluding hydrogens is 238 g/mol. The van der Waals surface area contributed by atoms with Gasteiger partial charge in [0.2, 0.25) is 0 Å². The first-order chi connectivity index (χ1) is 10.9. The van der Waals surface area contributed by atoms with Crippen molar-refractivity contribution in [3.8, 4) is 5.75 Å². The number of benzene rings is 1. The molecule has 0 radical (unpaired) electrons. The largest absolute Gasteiger partial charge is 0.497 e. The molecule has 1 aromatic carbocycles. The van der Waals surface area contributed by atoms with Crippen molar-refractivity contribution in [2.75, 3.05) is 27.7 Å². The minimum atomic E-state index is -2.32. The van der Waals surface area contributed by atoms with Crippen LogP contribution < -0.4 is 4.74 Å². The smallest absolute Gasteiger partial charge is 0.119 e. The van der Waals surface area contributed by atoms with Crippen molar-refractivity contribution in [3.63, 3.8) is 0 Å². The lowest BCUT2D eigenvalue weighted by atomic mass is 9.71. The number of rotatable bonds is 4. The maximum absolute atomic E-state index is 11.5. The molecule has 1 saturated carbocycles. The molecule has 1 N–H and O–H groups in total. The van der Waals surface area contributed by atoms with Gasteiger partial charge in [-0.2, -0.15) is 0 Å². The molecule has 0 bridgehead atoms. The highest BCUT2D eigenvalue weighted by Gasteiger charge is 2.40. The third-order valence-corrected chi connectivity index (χ3v) is 3.27. The molecule has 0 heterocycles. The van der Waals surface area contributed by atoms with Crippen LogP contribution >= 0.6 is 0 Å². The number of hydrogen-bond donors (Lipinski definition) is 1. The quantitative estimate of drug-likeness (QED) is 0.911. The van der Waals surface area contributed by atoms with Crippen LogP contribution in [0.15, 0.2) is 24.3 Å². The molecule has 19 heavy (non-hydrogen) atoms. The van der Waals surface area contributed by atoms with E-state index in [0.29, 0.717) is 12.2 Å². The Kier molecular flexibility index (Phi) is 2.80. The first-order valence-electron chi connectivity index (χ1n) is 8.98. The van der Waals surface area contributed by atoms with Crippen LogP contribution in [0.3, 0.4) is 0 Å². The van der Waals surface area contributed by atoms with Crippen LogP contribution in [0, 0.1) is 5.89 Å². The van der Waals surface area contributed by atoms with E-state index in [1.54, 1.807) is 12.1 Å². The Morgan fingerprint density at radius 1 is 1.58 bits per heavy atom. The fraction of sp³-hybridized carbons (Fsp3) is 0.625. The lowest BCUT2D eigenvalue weighted by molar-refractivity contribution is -0.0619. The van der Waals surface area contributed by atoms with Crippen molar-refractivity contribution < 1.29 is 16.7 Å². The molecule has 2 atom stereocenters. The van der Waals surface area contributed by atoms with Gasteiger partial charge < -0.3 is 14.7 Å². The molecule has 3 heteroatoms. The van der Waals surface area contributed by atoms with Gasteiger partial charge in [0.25, 0.3) is 0 Å². The lowest BCUT2D eigenvalue weighted by Crippen LogP contribution is -2.43. The van der Waals surface area contributed by atoms with E-state index in [-0.39, 0.29) is 18.4 Å². The third-order valence-electron chi connectivity index (χ3n) is 3.27. The Bertz CT molecular complexity index is 610. The highest BCUT2D eigenvalue weighted by Crippen LogP contribution is 2.42. The van der Waals surface area contributed by atoms with E-state index in [4.69, 9.17) is 11.6 Å². The predicted molar refractivity (Wildman–Crippen MR) is 77.4 cm³/mol.